The summed E-state index contributed by atoms with van der Waals surface area (Å²) in [5.74, 6) is -8.83. The maximum absolute atomic E-state index is 14.6. The van der Waals surface area contributed by atoms with Crippen molar-refractivity contribution in [1.82, 2.24) is 4.57 Å². The molecule has 10 aromatic carbocycles. The lowest BCUT2D eigenvalue weighted by molar-refractivity contribution is 0.447. The van der Waals surface area contributed by atoms with Crippen molar-refractivity contribution in [2.24, 2.45) is 0 Å². The van der Waals surface area contributed by atoms with Gasteiger partial charge in [-0.15, -0.1) is 0 Å². The maximum atomic E-state index is 14.6. The first-order chi connectivity index (χ1) is 34.1. The molecule has 0 saturated carbocycles. The summed E-state index contributed by atoms with van der Waals surface area (Å²) in [6, 6.07) is 68.0. The highest BCUT2D eigenvalue weighted by atomic mass is 19.2. The largest absolute Gasteiger partial charge is 0.310 e. The van der Waals surface area contributed by atoms with E-state index in [1.807, 2.05) is 97.9 Å². The van der Waals surface area contributed by atoms with Gasteiger partial charge in [-0.1, -0.05) is 78.9 Å². The van der Waals surface area contributed by atoms with Crippen molar-refractivity contribution in [3.63, 3.8) is 0 Å². The van der Waals surface area contributed by atoms with Crippen molar-refractivity contribution in [3.05, 3.63) is 259 Å². The van der Waals surface area contributed by atoms with Crippen LogP contribution in [0.15, 0.2) is 218 Å². The molecule has 0 bridgehead atoms. The van der Waals surface area contributed by atoms with Gasteiger partial charge in [-0.3, -0.25) is 0 Å². The van der Waals surface area contributed by atoms with Crippen molar-refractivity contribution >= 4 is 55.9 Å². The Balaban J connectivity index is 1.11. The molecule has 9 heteroatoms. The third-order valence-electron chi connectivity index (χ3n) is 12.6. The van der Waals surface area contributed by atoms with Crippen molar-refractivity contribution in [2.45, 2.75) is 6.92 Å². The molecule has 340 valence electrons. The average molecular weight is 928 g/mol. The van der Waals surface area contributed by atoms with E-state index in [0.717, 1.165) is 91.4 Å². The number of hydrogen-bond acceptors (Lipinski definition) is 2. The van der Waals surface area contributed by atoms with Crippen molar-refractivity contribution < 1.29 is 26.3 Å². The molecule has 0 spiro atoms. The number of anilines is 6. The summed E-state index contributed by atoms with van der Waals surface area (Å²) in [5, 5.41) is 2.01. The molecule has 0 radical (unpaired) electrons. The zero-order chi connectivity index (χ0) is 48.0. The van der Waals surface area contributed by atoms with Gasteiger partial charge in [0.15, 0.2) is 34.9 Å². The average Bonchev–Trinajstić information content (AvgIpc) is 3.71. The first kappa shape index (κ1) is 43.7. The van der Waals surface area contributed by atoms with Gasteiger partial charge in [0.25, 0.3) is 0 Å². The van der Waals surface area contributed by atoms with Gasteiger partial charge in [0.2, 0.25) is 0 Å². The van der Waals surface area contributed by atoms with E-state index in [1.54, 1.807) is 12.1 Å². The lowest BCUT2D eigenvalue weighted by atomic mass is 9.92. The van der Waals surface area contributed by atoms with E-state index in [-0.39, 0.29) is 22.3 Å². The fourth-order valence-corrected chi connectivity index (χ4v) is 9.40. The Morgan fingerprint density at radius 2 is 0.629 bits per heavy atom. The predicted octanol–water partition coefficient (Wildman–Crippen LogP) is 17.9. The fourth-order valence-electron chi connectivity index (χ4n) is 9.40. The van der Waals surface area contributed by atoms with Crippen molar-refractivity contribution in [1.29, 1.82) is 0 Å². The molecule has 0 aliphatic heterocycles. The van der Waals surface area contributed by atoms with E-state index in [1.165, 1.54) is 6.07 Å². The second-order valence-electron chi connectivity index (χ2n) is 17.1. The highest BCUT2D eigenvalue weighted by Crippen LogP contribution is 2.44. The van der Waals surface area contributed by atoms with E-state index >= 15 is 0 Å². The second-order valence-corrected chi connectivity index (χ2v) is 17.1. The number of hydrogen-bond donors (Lipinski definition) is 0. The third kappa shape index (κ3) is 8.01. The van der Waals surface area contributed by atoms with Crippen LogP contribution in [0.5, 0.6) is 0 Å². The SMILES string of the molecule is Cc1cc(-c2cc(-c3cc(F)c(F)c(F)c3)cc(-c3cc(F)c(F)c(F)c3)c2)ccc1-n1c2ccc(N(c3ccccc3)c3ccccc3)cc2c2cc(N(c3ccccc3)c3ccccc3)ccc21. The fraction of sp³-hybridized carbons (Fsp3) is 0.0164. The Labute approximate surface area is 400 Å². The van der Waals surface area contributed by atoms with Crippen molar-refractivity contribution in [2.75, 3.05) is 9.80 Å². The Hall–Kier alpha value is -8.82. The number of fused-ring (bicyclic) bond motifs is 3. The molecule has 70 heavy (non-hydrogen) atoms. The lowest BCUT2D eigenvalue weighted by Gasteiger charge is -2.26. The van der Waals surface area contributed by atoms with E-state index in [4.69, 9.17) is 0 Å². The minimum Gasteiger partial charge on any atom is -0.310 e. The van der Waals surface area contributed by atoms with Crippen molar-refractivity contribution in [3.8, 4) is 39.1 Å². The normalized spacial score (nSPS) is 11.4. The predicted molar refractivity (Wildman–Crippen MR) is 271 cm³/mol. The highest BCUT2D eigenvalue weighted by molar-refractivity contribution is 6.12. The molecular weight excluding hydrogens is 889 g/mol. The van der Waals surface area contributed by atoms with E-state index in [9.17, 15) is 26.3 Å². The van der Waals surface area contributed by atoms with E-state index < -0.39 is 34.9 Å². The number of aromatic nitrogens is 1. The summed E-state index contributed by atoms with van der Waals surface area (Å²) >= 11 is 0. The third-order valence-corrected chi connectivity index (χ3v) is 12.6. The molecule has 0 atom stereocenters. The first-order valence-corrected chi connectivity index (χ1v) is 22.5. The van der Waals surface area contributed by atoms with Crippen LogP contribution in [0, 0.1) is 41.8 Å². The van der Waals surface area contributed by atoms with Gasteiger partial charge in [-0.25, -0.2) is 26.3 Å². The van der Waals surface area contributed by atoms with Crippen LogP contribution in [0.2, 0.25) is 0 Å². The van der Waals surface area contributed by atoms with Crippen LogP contribution in [-0.2, 0) is 0 Å². The molecule has 0 aliphatic carbocycles. The summed E-state index contributed by atoms with van der Waals surface area (Å²) < 4.78 is 89.1. The topological polar surface area (TPSA) is 11.4 Å². The summed E-state index contributed by atoms with van der Waals surface area (Å²) in [6.07, 6.45) is 0. The second kappa shape index (κ2) is 18.0. The number of aryl methyl sites for hydroxylation is 1. The van der Waals surface area contributed by atoms with Crippen LogP contribution in [0.25, 0.3) is 60.9 Å². The first-order valence-electron chi connectivity index (χ1n) is 22.5. The molecule has 0 unspecified atom stereocenters. The highest BCUT2D eigenvalue weighted by Gasteiger charge is 2.22. The molecule has 1 heterocycles. The minimum atomic E-state index is -1.62. The molecule has 11 aromatic rings. The van der Waals surface area contributed by atoms with Gasteiger partial charge in [-0.2, -0.15) is 0 Å². The van der Waals surface area contributed by atoms with E-state index in [0.29, 0.717) is 11.1 Å². The van der Waals surface area contributed by atoms with Gasteiger partial charge in [0, 0.05) is 50.6 Å². The molecule has 0 saturated heterocycles. The smallest absolute Gasteiger partial charge is 0.194 e. The van der Waals surface area contributed by atoms with Crippen LogP contribution >= 0.6 is 0 Å². The minimum absolute atomic E-state index is 0.00361. The molecule has 0 aliphatic rings. The van der Waals surface area contributed by atoms with Gasteiger partial charge in [0.05, 0.1) is 11.0 Å². The lowest BCUT2D eigenvalue weighted by Crippen LogP contribution is -2.09. The standard InChI is InChI=1S/C61H39F6N3/c1-38-28-39(40-29-41(43-32-53(62)60(66)54(63)33-43)31-42(30-40)44-34-55(64)61(67)56(65)35-44)22-25-57(38)70-58-26-23-49(68(45-14-6-2-7-15-45)46-16-8-3-9-17-46)36-51(58)52-37-50(24-27-59(52)70)69(47-18-10-4-11-19-47)48-20-12-5-13-21-48/h2-37H,1H3. The molecule has 3 nitrogen and oxygen atoms in total. The maximum Gasteiger partial charge on any atom is 0.194 e. The van der Waals surface area contributed by atoms with Crippen LogP contribution in [0.1, 0.15) is 5.56 Å². The molecule has 1 aromatic heterocycles. The Kier molecular flexibility index (Phi) is 11.3. The summed E-state index contributed by atoms with van der Waals surface area (Å²) in [4.78, 5) is 4.47. The zero-order valence-electron chi connectivity index (χ0n) is 37.4. The van der Waals surface area contributed by atoms with Crippen LogP contribution < -0.4 is 9.80 Å². The summed E-state index contributed by atoms with van der Waals surface area (Å²) in [6.45, 7) is 1.98. The Morgan fingerprint density at radius 1 is 0.300 bits per heavy atom. The number of halogens is 6. The summed E-state index contributed by atoms with van der Waals surface area (Å²) in [5.41, 5.74) is 11.2. The van der Waals surface area contributed by atoms with Gasteiger partial charge < -0.3 is 14.4 Å². The summed E-state index contributed by atoms with van der Waals surface area (Å²) in [7, 11) is 0. The van der Waals surface area contributed by atoms with Crippen LogP contribution in [0.4, 0.5) is 60.5 Å². The Morgan fingerprint density at radius 3 is 0.971 bits per heavy atom. The number of nitrogens with zero attached hydrogens (tertiary/aromatic N) is 3. The molecule has 11 rings (SSSR count). The molecule has 0 amide bonds. The monoisotopic (exact) mass is 927 g/mol. The zero-order valence-corrected chi connectivity index (χ0v) is 37.4. The van der Waals surface area contributed by atoms with Gasteiger partial charge >= 0.3 is 0 Å². The number of para-hydroxylation sites is 4. The van der Waals surface area contributed by atoms with Gasteiger partial charge in [0.1, 0.15) is 0 Å². The van der Waals surface area contributed by atoms with Gasteiger partial charge in [-0.05, 0) is 185 Å². The van der Waals surface area contributed by atoms with Crippen LogP contribution in [-0.4, -0.2) is 4.57 Å². The molecule has 0 fully saturated rings. The quantitative estimate of drug-likeness (QED) is 0.100. The Bertz CT molecular complexity index is 3410. The van der Waals surface area contributed by atoms with Crippen LogP contribution in [0.3, 0.4) is 0 Å². The number of rotatable bonds is 10. The number of benzene rings is 10. The van der Waals surface area contributed by atoms with E-state index in [2.05, 4.69) is 99.3 Å². The molecule has 0 N–H and O–H groups in total. The molecular formula is C61H39F6N3.